The number of thiophene rings is 1. The van der Waals surface area contributed by atoms with Gasteiger partial charge in [-0.3, -0.25) is 4.79 Å². The van der Waals surface area contributed by atoms with Gasteiger partial charge < -0.3 is 14.8 Å². The molecule has 1 aromatic heterocycles. The Morgan fingerprint density at radius 3 is 2.12 bits per heavy atom. The molecule has 5 nitrogen and oxygen atoms in total. The fourth-order valence-corrected chi connectivity index (χ4v) is 3.77. The quantitative estimate of drug-likeness (QED) is 0.708. The highest BCUT2D eigenvalue weighted by molar-refractivity contribution is 7.15. The van der Waals surface area contributed by atoms with E-state index in [1.54, 1.807) is 12.1 Å². The lowest BCUT2D eigenvalue weighted by molar-refractivity contribution is 0.0606. The molecular formula is C20H15NO4S. The van der Waals surface area contributed by atoms with Gasteiger partial charge in [-0.25, -0.2) is 4.79 Å². The molecule has 1 aliphatic rings. The Hall–Kier alpha value is -3.12. The van der Waals surface area contributed by atoms with Gasteiger partial charge in [-0.1, -0.05) is 36.4 Å². The summed E-state index contributed by atoms with van der Waals surface area (Å²) in [5, 5.41) is 3.06. The number of nitrogens with one attached hydrogen (secondary N) is 1. The normalized spacial score (nSPS) is 12.5. The molecular weight excluding hydrogens is 350 g/mol. The van der Waals surface area contributed by atoms with E-state index in [1.165, 1.54) is 7.11 Å². The molecule has 0 bridgehead atoms. The molecule has 130 valence electrons. The standard InChI is InChI=1S/C20H15NO4S/c1-24-20(23)17-11-10-16(26-17)19(22)21-18-12-6-2-4-8-14(12)25-15-9-5-3-7-13(15)18/h2-11,18H,1H3,(H,21,22). The minimum atomic E-state index is -0.448. The summed E-state index contributed by atoms with van der Waals surface area (Å²) < 4.78 is 10.6. The first-order chi connectivity index (χ1) is 12.7. The van der Waals surface area contributed by atoms with Crippen LogP contribution in [0.5, 0.6) is 11.5 Å². The van der Waals surface area contributed by atoms with Crippen molar-refractivity contribution in [1.29, 1.82) is 0 Å². The molecule has 4 rings (SSSR count). The molecule has 3 aromatic rings. The topological polar surface area (TPSA) is 64.6 Å². The van der Waals surface area contributed by atoms with Crippen molar-refractivity contribution >= 4 is 23.2 Å². The van der Waals surface area contributed by atoms with Crippen LogP contribution in [0.1, 0.15) is 36.5 Å². The maximum absolute atomic E-state index is 12.8. The molecule has 0 saturated carbocycles. The van der Waals surface area contributed by atoms with Gasteiger partial charge >= 0.3 is 5.97 Å². The number of amides is 1. The Labute approximate surface area is 154 Å². The largest absolute Gasteiger partial charge is 0.465 e. The second-order valence-electron chi connectivity index (χ2n) is 5.74. The number of esters is 1. The summed E-state index contributed by atoms with van der Waals surface area (Å²) in [6.45, 7) is 0. The average molecular weight is 365 g/mol. The fourth-order valence-electron chi connectivity index (χ4n) is 2.94. The van der Waals surface area contributed by atoms with Crippen molar-refractivity contribution in [2.75, 3.05) is 7.11 Å². The van der Waals surface area contributed by atoms with Crippen LogP contribution in [-0.2, 0) is 4.74 Å². The molecule has 26 heavy (non-hydrogen) atoms. The fraction of sp³-hybridized carbons (Fsp3) is 0.100. The molecule has 1 aliphatic heterocycles. The summed E-state index contributed by atoms with van der Waals surface area (Å²) in [5.74, 6) is 0.744. The molecule has 0 aliphatic carbocycles. The van der Waals surface area contributed by atoms with Crippen molar-refractivity contribution in [1.82, 2.24) is 5.32 Å². The number of para-hydroxylation sites is 2. The number of fused-ring (bicyclic) bond motifs is 2. The molecule has 6 heteroatoms. The van der Waals surface area contributed by atoms with Gasteiger partial charge in [0.1, 0.15) is 16.4 Å². The zero-order valence-electron chi connectivity index (χ0n) is 13.9. The third-order valence-corrected chi connectivity index (χ3v) is 5.24. The number of rotatable bonds is 3. The Morgan fingerprint density at radius 2 is 1.50 bits per heavy atom. The summed E-state index contributed by atoms with van der Waals surface area (Å²) in [6.07, 6.45) is 0. The van der Waals surface area contributed by atoms with E-state index in [1.807, 2.05) is 48.5 Å². The second-order valence-corrected chi connectivity index (χ2v) is 6.82. The van der Waals surface area contributed by atoms with Crippen LogP contribution in [0.3, 0.4) is 0 Å². The van der Waals surface area contributed by atoms with Gasteiger partial charge in [-0.05, 0) is 24.3 Å². The van der Waals surface area contributed by atoms with Gasteiger partial charge in [0.05, 0.1) is 18.0 Å². The van der Waals surface area contributed by atoms with Crippen LogP contribution in [0, 0.1) is 0 Å². The first-order valence-electron chi connectivity index (χ1n) is 8.02. The van der Waals surface area contributed by atoms with Gasteiger partial charge in [-0.2, -0.15) is 0 Å². The highest BCUT2D eigenvalue weighted by Gasteiger charge is 2.28. The van der Waals surface area contributed by atoms with Crippen molar-refractivity contribution in [2.24, 2.45) is 0 Å². The number of ether oxygens (including phenoxy) is 2. The van der Waals surface area contributed by atoms with Crippen molar-refractivity contribution in [3.63, 3.8) is 0 Å². The van der Waals surface area contributed by atoms with E-state index >= 15 is 0 Å². The monoisotopic (exact) mass is 365 g/mol. The van der Waals surface area contributed by atoms with Crippen molar-refractivity contribution in [3.8, 4) is 11.5 Å². The van der Waals surface area contributed by atoms with E-state index < -0.39 is 5.97 Å². The lowest BCUT2D eigenvalue weighted by Crippen LogP contribution is -2.30. The third kappa shape index (κ3) is 2.84. The van der Waals surface area contributed by atoms with Crippen LogP contribution >= 0.6 is 11.3 Å². The van der Waals surface area contributed by atoms with E-state index in [4.69, 9.17) is 9.47 Å². The predicted octanol–water partition coefficient (Wildman–Crippen LogP) is 4.16. The lowest BCUT2D eigenvalue weighted by Gasteiger charge is -2.28. The van der Waals surface area contributed by atoms with Crippen molar-refractivity contribution in [2.45, 2.75) is 6.04 Å². The van der Waals surface area contributed by atoms with Crippen LogP contribution in [0.4, 0.5) is 0 Å². The van der Waals surface area contributed by atoms with E-state index in [-0.39, 0.29) is 11.9 Å². The second kappa shape index (κ2) is 6.65. The molecule has 2 heterocycles. The van der Waals surface area contributed by atoms with Crippen LogP contribution in [0.25, 0.3) is 0 Å². The van der Waals surface area contributed by atoms with Gasteiger partial charge in [-0.15, -0.1) is 11.3 Å². The Kier molecular flexibility index (Phi) is 4.18. The Morgan fingerprint density at radius 1 is 0.923 bits per heavy atom. The van der Waals surface area contributed by atoms with Crippen LogP contribution in [0.2, 0.25) is 0 Å². The number of methoxy groups -OCH3 is 1. The van der Waals surface area contributed by atoms with Gasteiger partial charge in [0.2, 0.25) is 0 Å². The Balaban J connectivity index is 1.67. The number of carbonyl (C=O) groups excluding carboxylic acids is 2. The maximum atomic E-state index is 12.8. The van der Waals surface area contributed by atoms with Crippen LogP contribution in [0.15, 0.2) is 60.7 Å². The van der Waals surface area contributed by atoms with Gasteiger partial charge in [0, 0.05) is 11.1 Å². The molecule has 1 N–H and O–H groups in total. The van der Waals surface area contributed by atoms with E-state index in [0.29, 0.717) is 9.75 Å². The Bertz CT molecular complexity index is 949. The minimum absolute atomic E-state index is 0.248. The average Bonchev–Trinajstić information content (AvgIpc) is 3.17. The van der Waals surface area contributed by atoms with Gasteiger partial charge in [0.25, 0.3) is 5.91 Å². The number of hydrogen-bond donors (Lipinski definition) is 1. The molecule has 0 saturated heterocycles. The van der Waals surface area contributed by atoms with E-state index in [9.17, 15) is 9.59 Å². The molecule has 0 fully saturated rings. The highest BCUT2D eigenvalue weighted by atomic mass is 32.1. The molecule has 0 radical (unpaired) electrons. The summed E-state index contributed by atoms with van der Waals surface area (Å²) in [5.41, 5.74) is 1.79. The molecule has 0 spiro atoms. The summed E-state index contributed by atoms with van der Waals surface area (Å²) in [7, 11) is 1.32. The number of carbonyl (C=O) groups is 2. The summed E-state index contributed by atoms with van der Waals surface area (Å²) in [6, 6.07) is 18.1. The zero-order valence-corrected chi connectivity index (χ0v) is 14.7. The molecule has 2 aromatic carbocycles. The number of benzene rings is 2. The van der Waals surface area contributed by atoms with Gasteiger partial charge in [0.15, 0.2) is 0 Å². The molecule has 1 amide bonds. The molecule has 0 unspecified atom stereocenters. The highest BCUT2D eigenvalue weighted by Crippen LogP contribution is 2.42. The van der Waals surface area contributed by atoms with Crippen molar-refractivity contribution < 1.29 is 19.1 Å². The van der Waals surface area contributed by atoms with E-state index in [2.05, 4.69) is 5.32 Å². The van der Waals surface area contributed by atoms with Crippen LogP contribution in [-0.4, -0.2) is 19.0 Å². The first kappa shape index (κ1) is 16.4. The predicted molar refractivity (Wildman–Crippen MR) is 97.9 cm³/mol. The van der Waals surface area contributed by atoms with Crippen molar-refractivity contribution in [3.05, 3.63) is 81.5 Å². The lowest BCUT2D eigenvalue weighted by atomic mass is 9.94. The minimum Gasteiger partial charge on any atom is -0.465 e. The SMILES string of the molecule is COC(=O)c1ccc(C(=O)NC2c3ccccc3Oc3ccccc32)s1. The summed E-state index contributed by atoms with van der Waals surface area (Å²) >= 11 is 1.11. The number of hydrogen-bond acceptors (Lipinski definition) is 5. The maximum Gasteiger partial charge on any atom is 0.348 e. The molecule has 0 atom stereocenters. The third-order valence-electron chi connectivity index (χ3n) is 4.17. The van der Waals surface area contributed by atoms with Crippen LogP contribution < -0.4 is 10.1 Å². The zero-order chi connectivity index (χ0) is 18.1. The van der Waals surface area contributed by atoms with E-state index in [0.717, 1.165) is 34.0 Å². The summed E-state index contributed by atoms with van der Waals surface area (Å²) in [4.78, 5) is 25.2. The first-order valence-corrected chi connectivity index (χ1v) is 8.84. The smallest absolute Gasteiger partial charge is 0.348 e.